The van der Waals surface area contributed by atoms with Gasteiger partial charge in [0.25, 0.3) is 0 Å². The molecule has 0 radical (unpaired) electrons. The zero-order chi connectivity index (χ0) is 14.7. The fourth-order valence-corrected chi connectivity index (χ4v) is 2.80. The lowest BCUT2D eigenvalue weighted by Crippen LogP contribution is -2.39. The Balaban J connectivity index is 1.72. The normalized spacial score (nSPS) is 19.6. The summed E-state index contributed by atoms with van der Waals surface area (Å²) in [6.07, 6.45) is 5.91. The molecular weight excluding hydrogens is 288 g/mol. The number of carbonyl (C=O) groups excluding carboxylic acids is 1. The molecule has 5 heteroatoms. The Hall–Kier alpha value is -1.65. The minimum Gasteiger partial charge on any atom is -0.439 e. The Morgan fingerprint density at radius 2 is 2.14 bits per heavy atom. The number of rotatable bonds is 4. The van der Waals surface area contributed by atoms with E-state index in [1.807, 2.05) is 24.3 Å². The molecule has 0 aliphatic carbocycles. The van der Waals surface area contributed by atoms with Gasteiger partial charge in [-0.1, -0.05) is 18.0 Å². The molecule has 0 N–H and O–H groups in total. The van der Waals surface area contributed by atoms with Crippen molar-refractivity contribution in [3.8, 4) is 11.3 Å². The molecule has 1 aliphatic heterocycles. The van der Waals surface area contributed by atoms with Crippen LogP contribution in [-0.2, 0) is 11.3 Å². The van der Waals surface area contributed by atoms with Gasteiger partial charge in [-0.3, -0.25) is 4.90 Å². The second-order valence-corrected chi connectivity index (χ2v) is 5.73. The zero-order valence-electron chi connectivity index (χ0n) is 11.7. The second kappa shape index (κ2) is 6.41. The van der Waals surface area contributed by atoms with Gasteiger partial charge >= 0.3 is 0 Å². The highest BCUT2D eigenvalue weighted by atomic mass is 35.5. The van der Waals surface area contributed by atoms with Crippen LogP contribution in [0.4, 0.5) is 0 Å². The summed E-state index contributed by atoms with van der Waals surface area (Å²) in [5, 5.41) is 0.695. The van der Waals surface area contributed by atoms with Crippen LogP contribution in [0.15, 0.2) is 34.9 Å². The number of nitrogens with zero attached hydrogens (tertiary/aromatic N) is 2. The molecule has 0 bridgehead atoms. The molecule has 4 nitrogen and oxygen atoms in total. The maximum Gasteiger partial charge on any atom is 0.209 e. The van der Waals surface area contributed by atoms with Crippen molar-refractivity contribution < 1.29 is 9.21 Å². The number of aromatic nitrogens is 1. The van der Waals surface area contributed by atoms with Crippen molar-refractivity contribution in [3.05, 3.63) is 41.4 Å². The van der Waals surface area contributed by atoms with E-state index in [4.69, 9.17) is 16.0 Å². The van der Waals surface area contributed by atoms with Gasteiger partial charge in [-0.15, -0.1) is 0 Å². The summed E-state index contributed by atoms with van der Waals surface area (Å²) < 4.78 is 5.79. The van der Waals surface area contributed by atoms with Gasteiger partial charge < -0.3 is 9.21 Å². The predicted octanol–water partition coefficient (Wildman–Crippen LogP) is 3.55. The first-order valence-corrected chi connectivity index (χ1v) is 7.54. The fourth-order valence-electron chi connectivity index (χ4n) is 2.67. The first-order chi connectivity index (χ1) is 10.3. The maximum atomic E-state index is 11.1. The Morgan fingerprint density at radius 1 is 1.33 bits per heavy atom. The third kappa shape index (κ3) is 3.34. The third-order valence-electron chi connectivity index (χ3n) is 3.84. The Kier molecular flexibility index (Phi) is 4.36. The molecule has 0 amide bonds. The molecular formula is C16H17ClN2O2. The topological polar surface area (TPSA) is 46.3 Å². The van der Waals surface area contributed by atoms with E-state index in [0.29, 0.717) is 17.5 Å². The summed E-state index contributed by atoms with van der Waals surface area (Å²) in [7, 11) is 0. The summed E-state index contributed by atoms with van der Waals surface area (Å²) >= 11 is 5.88. The second-order valence-electron chi connectivity index (χ2n) is 5.29. The van der Waals surface area contributed by atoms with Crippen LogP contribution in [0, 0.1) is 0 Å². The third-order valence-corrected chi connectivity index (χ3v) is 4.09. The molecule has 3 rings (SSSR count). The number of likely N-dealkylation sites (tertiary alicyclic amines) is 1. The van der Waals surface area contributed by atoms with Crippen molar-refractivity contribution in [1.82, 2.24) is 9.88 Å². The summed E-state index contributed by atoms with van der Waals surface area (Å²) in [4.78, 5) is 17.6. The number of piperidine rings is 1. The van der Waals surface area contributed by atoms with Crippen molar-refractivity contribution in [2.24, 2.45) is 0 Å². The number of hydrogen-bond donors (Lipinski definition) is 0. The van der Waals surface area contributed by atoms with Crippen LogP contribution in [-0.4, -0.2) is 28.8 Å². The quantitative estimate of drug-likeness (QED) is 0.810. The number of benzene rings is 1. The van der Waals surface area contributed by atoms with Crippen LogP contribution in [0.5, 0.6) is 0 Å². The number of hydrogen-bond acceptors (Lipinski definition) is 4. The molecule has 1 aliphatic rings. The van der Waals surface area contributed by atoms with E-state index < -0.39 is 0 Å². The number of carbonyl (C=O) groups is 1. The lowest BCUT2D eigenvalue weighted by molar-refractivity contribution is -0.113. The number of halogens is 1. The van der Waals surface area contributed by atoms with Crippen molar-refractivity contribution >= 4 is 17.9 Å². The van der Waals surface area contributed by atoms with Gasteiger partial charge in [0.15, 0.2) is 5.76 Å². The van der Waals surface area contributed by atoms with E-state index in [1.165, 1.54) is 0 Å². The average molecular weight is 305 g/mol. The van der Waals surface area contributed by atoms with Gasteiger partial charge in [-0.05, 0) is 43.7 Å². The first kappa shape index (κ1) is 14.3. The van der Waals surface area contributed by atoms with E-state index in [2.05, 4.69) is 9.88 Å². The van der Waals surface area contributed by atoms with Gasteiger partial charge in [0.2, 0.25) is 5.89 Å². The molecule has 110 valence electrons. The monoisotopic (exact) mass is 304 g/mol. The molecule has 1 atom stereocenters. The zero-order valence-corrected chi connectivity index (χ0v) is 12.4. The van der Waals surface area contributed by atoms with Crippen LogP contribution in [0.2, 0.25) is 5.02 Å². The standard InChI is InChI=1S/C16H17ClN2O2/c17-13-6-4-12(5-7-13)15-9-18-16(21-15)10-19-8-2-1-3-14(19)11-20/h4-7,9,11,14H,1-3,8,10H2. The largest absolute Gasteiger partial charge is 0.439 e. The fraction of sp³-hybridized carbons (Fsp3) is 0.375. The highest BCUT2D eigenvalue weighted by molar-refractivity contribution is 6.30. The smallest absolute Gasteiger partial charge is 0.209 e. The van der Waals surface area contributed by atoms with Gasteiger partial charge in [-0.2, -0.15) is 0 Å². The van der Waals surface area contributed by atoms with Crippen molar-refractivity contribution in [2.75, 3.05) is 6.54 Å². The Labute approximate surface area is 128 Å². The average Bonchev–Trinajstić information content (AvgIpc) is 2.97. The first-order valence-electron chi connectivity index (χ1n) is 7.16. The lowest BCUT2D eigenvalue weighted by Gasteiger charge is -2.30. The van der Waals surface area contributed by atoms with Gasteiger partial charge in [0, 0.05) is 10.6 Å². The Bertz CT molecular complexity index is 609. The molecule has 2 aromatic rings. The van der Waals surface area contributed by atoms with Crippen LogP contribution < -0.4 is 0 Å². The number of oxazole rings is 1. The van der Waals surface area contributed by atoms with E-state index >= 15 is 0 Å². The van der Waals surface area contributed by atoms with Crippen molar-refractivity contribution in [3.63, 3.8) is 0 Å². The van der Waals surface area contributed by atoms with E-state index in [1.54, 1.807) is 6.20 Å². The molecule has 1 aromatic heterocycles. The highest BCUT2D eigenvalue weighted by Gasteiger charge is 2.23. The molecule has 0 saturated carbocycles. The minimum atomic E-state index is -0.00960. The molecule has 2 heterocycles. The maximum absolute atomic E-state index is 11.1. The van der Waals surface area contributed by atoms with Crippen LogP contribution >= 0.6 is 11.6 Å². The molecule has 1 fully saturated rings. The van der Waals surface area contributed by atoms with Crippen LogP contribution in [0.1, 0.15) is 25.2 Å². The highest BCUT2D eigenvalue weighted by Crippen LogP contribution is 2.24. The molecule has 0 spiro atoms. The summed E-state index contributed by atoms with van der Waals surface area (Å²) in [6.45, 7) is 1.50. The Morgan fingerprint density at radius 3 is 2.90 bits per heavy atom. The van der Waals surface area contributed by atoms with Gasteiger partial charge in [-0.25, -0.2) is 4.98 Å². The van der Waals surface area contributed by atoms with E-state index in [-0.39, 0.29) is 6.04 Å². The van der Waals surface area contributed by atoms with Crippen LogP contribution in [0.25, 0.3) is 11.3 Å². The van der Waals surface area contributed by atoms with Gasteiger partial charge in [0.1, 0.15) is 6.29 Å². The molecule has 1 unspecified atom stereocenters. The van der Waals surface area contributed by atoms with E-state index in [9.17, 15) is 4.79 Å². The summed E-state index contributed by atoms with van der Waals surface area (Å²) in [5.41, 5.74) is 0.948. The molecule has 21 heavy (non-hydrogen) atoms. The van der Waals surface area contributed by atoms with E-state index in [0.717, 1.165) is 43.4 Å². The predicted molar refractivity (Wildman–Crippen MR) is 81.1 cm³/mol. The van der Waals surface area contributed by atoms with Crippen molar-refractivity contribution in [2.45, 2.75) is 31.8 Å². The van der Waals surface area contributed by atoms with Crippen molar-refractivity contribution in [1.29, 1.82) is 0 Å². The number of aldehydes is 1. The SMILES string of the molecule is O=CC1CCCCN1Cc1ncc(-c2ccc(Cl)cc2)o1. The molecule has 1 saturated heterocycles. The molecule has 1 aromatic carbocycles. The van der Waals surface area contributed by atoms with Gasteiger partial charge in [0.05, 0.1) is 18.8 Å². The summed E-state index contributed by atoms with van der Waals surface area (Å²) in [6, 6.07) is 7.45. The van der Waals surface area contributed by atoms with Crippen LogP contribution in [0.3, 0.4) is 0 Å². The lowest BCUT2D eigenvalue weighted by atomic mass is 10.0. The minimum absolute atomic E-state index is 0.00960. The summed E-state index contributed by atoms with van der Waals surface area (Å²) in [5.74, 6) is 1.37.